The Kier molecular flexibility index (Phi) is 10.8. The number of nitrogens with zero attached hydrogens (tertiary/aromatic N) is 4. The Bertz CT molecular complexity index is 2210. The first-order valence-electron chi connectivity index (χ1n) is 20.3. The lowest BCUT2D eigenvalue weighted by molar-refractivity contribution is -0.150. The van der Waals surface area contributed by atoms with Gasteiger partial charge in [0.15, 0.2) is 5.60 Å². The lowest BCUT2D eigenvalue weighted by Gasteiger charge is -2.37. The number of benzene rings is 4. The monoisotopic (exact) mass is 800 g/mol. The standard InChI is InChI=1S/C46H52N4O7Si/c1-30-44(58(4,5)37-20-17-35(55-2)18-21-37)41(27-43(53)48-25-9-12-34(48)29-51)57-46(30)38-26-36(56-3)19-23-40(38)49(45(46)54)28-31-13-15-33(16-14-31)50-42(52)24-22-39(47-50)32-10-7-6-8-11-32/h6-8,10-11,13-21,23,26,30,34,41,44,51H,9,12,22,24-25,27-29H2,1-5H3/t30-,34-,41+,44-,46+/m0/s1. The SMILES string of the molecule is COc1ccc([Si](C)(C)[C@@H]2[C@@H](CC(=O)N3CCC[C@H]3CO)O[C@]3(C(=O)N(Cc4ccc(N5N=C(c6ccccc6)CCC5=O)cc4)c4ccc(OC)cc43)[C@H]2C)cc1. The summed E-state index contributed by atoms with van der Waals surface area (Å²) in [5.41, 5.74) is 3.35. The highest BCUT2D eigenvalue weighted by Gasteiger charge is 2.66. The molecule has 302 valence electrons. The van der Waals surface area contributed by atoms with E-state index >= 15 is 4.79 Å². The van der Waals surface area contributed by atoms with E-state index in [1.54, 1.807) is 24.0 Å². The number of carbonyl (C=O) groups excluding carboxylic acids is 3. The fraction of sp³-hybridized carbons (Fsp3) is 0.391. The molecule has 1 spiro atoms. The van der Waals surface area contributed by atoms with Gasteiger partial charge in [-0.15, -0.1) is 0 Å². The molecule has 0 bridgehead atoms. The number of fused-ring (bicyclic) bond motifs is 2. The molecule has 3 amide bonds. The zero-order valence-corrected chi connectivity index (χ0v) is 34.9. The van der Waals surface area contributed by atoms with E-state index in [-0.39, 0.29) is 54.8 Å². The topological polar surface area (TPSA) is 121 Å². The van der Waals surface area contributed by atoms with Gasteiger partial charge in [0.2, 0.25) is 11.8 Å². The van der Waals surface area contributed by atoms with Gasteiger partial charge in [-0.1, -0.05) is 79.8 Å². The van der Waals surface area contributed by atoms with E-state index < -0.39 is 19.8 Å². The maximum atomic E-state index is 15.4. The van der Waals surface area contributed by atoms with E-state index in [9.17, 15) is 14.7 Å². The molecule has 1 N–H and O–H groups in total. The van der Waals surface area contributed by atoms with Crippen LogP contribution in [-0.2, 0) is 31.3 Å². The third-order valence-electron chi connectivity index (χ3n) is 13.0. The second kappa shape index (κ2) is 15.8. The minimum absolute atomic E-state index is 0.0593. The van der Waals surface area contributed by atoms with Crippen molar-refractivity contribution in [3.63, 3.8) is 0 Å². The minimum atomic E-state index is -2.50. The first-order chi connectivity index (χ1) is 28.0. The van der Waals surface area contributed by atoms with Crippen molar-refractivity contribution in [2.24, 2.45) is 11.0 Å². The maximum absolute atomic E-state index is 15.4. The lowest BCUT2D eigenvalue weighted by Crippen LogP contribution is -2.52. The minimum Gasteiger partial charge on any atom is -0.497 e. The summed E-state index contributed by atoms with van der Waals surface area (Å²) in [7, 11) is 0.759. The van der Waals surface area contributed by atoms with Crippen LogP contribution in [0.15, 0.2) is 102 Å². The number of hydrogen-bond acceptors (Lipinski definition) is 8. The second-order valence-electron chi connectivity index (χ2n) is 16.5. The Labute approximate surface area is 341 Å². The van der Waals surface area contributed by atoms with Crippen molar-refractivity contribution in [2.45, 2.75) is 82.0 Å². The number of ether oxygens (including phenoxy) is 3. The number of aliphatic hydroxyl groups is 1. The largest absolute Gasteiger partial charge is 0.497 e. The number of rotatable bonds is 11. The molecular weight excluding hydrogens is 749 g/mol. The zero-order chi connectivity index (χ0) is 40.8. The van der Waals surface area contributed by atoms with Crippen molar-refractivity contribution < 1.29 is 33.7 Å². The molecule has 11 nitrogen and oxygen atoms in total. The summed E-state index contributed by atoms with van der Waals surface area (Å²) in [6, 6.07) is 31.2. The molecular formula is C46H52N4O7Si. The average molecular weight is 801 g/mol. The third kappa shape index (κ3) is 6.80. The van der Waals surface area contributed by atoms with E-state index in [0.29, 0.717) is 30.8 Å². The molecule has 2 fully saturated rings. The van der Waals surface area contributed by atoms with Crippen molar-refractivity contribution in [1.82, 2.24) is 4.90 Å². The number of amides is 3. The summed E-state index contributed by atoms with van der Waals surface area (Å²) >= 11 is 0. The van der Waals surface area contributed by atoms with Gasteiger partial charge >= 0.3 is 0 Å². The molecule has 0 aliphatic carbocycles. The van der Waals surface area contributed by atoms with Crippen molar-refractivity contribution >= 4 is 48.1 Å². The predicted octanol–water partition coefficient (Wildman–Crippen LogP) is 6.37. The Morgan fingerprint density at radius 2 is 1.64 bits per heavy atom. The van der Waals surface area contributed by atoms with Crippen LogP contribution in [0.1, 0.15) is 55.7 Å². The molecule has 0 radical (unpaired) electrons. The molecule has 4 heterocycles. The Balaban J connectivity index is 1.14. The van der Waals surface area contributed by atoms with Crippen LogP contribution in [0.2, 0.25) is 18.6 Å². The van der Waals surface area contributed by atoms with E-state index in [2.05, 4.69) is 32.2 Å². The molecule has 8 rings (SSSR count). The van der Waals surface area contributed by atoms with E-state index in [1.807, 2.05) is 84.9 Å². The number of likely N-dealkylation sites (tertiary alicyclic amines) is 1. The Morgan fingerprint density at radius 1 is 0.931 bits per heavy atom. The van der Waals surface area contributed by atoms with Crippen molar-refractivity contribution in [3.05, 3.63) is 114 Å². The van der Waals surface area contributed by atoms with Gasteiger partial charge in [-0.3, -0.25) is 14.4 Å². The number of anilines is 2. The number of carbonyl (C=O) groups is 3. The summed E-state index contributed by atoms with van der Waals surface area (Å²) in [4.78, 5) is 46.2. The van der Waals surface area contributed by atoms with Crippen LogP contribution in [0.25, 0.3) is 0 Å². The van der Waals surface area contributed by atoms with Crippen LogP contribution in [0.5, 0.6) is 11.5 Å². The van der Waals surface area contributed by atoms with Crippen LogP contribution >= 0.6 is 0 Å². The molecule has 2 saturated heterocycles. The summed E-state index contributed by atoms with van der Waals surface area (Å²) in [5, 5.41) is 17.5. The number of hydrogen-bond donors (Lipinski definition) is 1. The van der Waals surface area contributed by atoms with Gasteiger partial charge in [0.1, 0.15) is 11.5 Å². The quantitative estimate of drug-likeness (QED) is 0.175. The molecule has 4 aromatic rings. The average Bonchev–Trinajstić information content (AvgIpc) is 3.91. The van der Waals surface area contributed by atoms with Gasteiger partial charge in [-0.25, -0.2) is 5.01 Å². The fourth-order valence-electron chi connectivity index (χ4n) is 9.94. The molecule has 0 aromatic heterocycles. The fourth-order valence-corrected chi connectivity index (χ4v) is 13.9. The normalized spacial score (nSPS) is 24.4. The Hall–Kier alpha value is -5.30. The number of methoxy groups -OCH3 is 2. The number of hydrazone groups is 1. The Morgan fingerprint density at radius 3 is 2.33 bits per heavy atom. The van der Waals surface area contributed by atoms with E-state index in [4.69, 9.17) is 19.3 Å². The molecule has 12 heteroatoms. The zero-order valence-electron chi connectivity index (χ0n) is 33.9. The first kappa shape index (κ1) is 39.5. The maximum Gasteiger partial charge on any atom is 0.264 e. The van der Waals surface area contributed by atoms with Crippen LogP contribution in [0.3, 0.4) is 0 Å². The summed E-state index contributed by atoms with van der Waals surface area (Å²) in [6.07, 6.45) is 2.11. The molecule has 4 aliphatic rings. The van der Waals surface area contributed by atoms with Crippen molar-refractivity contribution in [3.8, 4) is 11.5 Å². The van der Waals surface area contributed by atoms with Crippen LogP contribution < -0.4 is 24.6 Å². The van der Waals surface area contributed by atoms with Crippen molar-refractivity contribution in [1.29, 1.82) is 0 Å². The van der Waals surface area contributed by atoms with Gasteiger partial charge in [0.05, 0.1) is 71.1 Å². The molecule has 0 unspecified atom stereocenters. The highest BCUT2D eigenvalue weighted by atomic mass is 28.3. The van der Waals surface area contributed by atoms with Gasteiger partial charge in [0, 0.05) is 30.9 Å². The summed E-state index contributed by atoms with van der Waals surface area (Å²) < 4.78 is 18.5. The molecule has 58 heavy (non-hydrogen) atoms. The second-order valence-corrected chi connectivity index (χ2v) is 21.2. The molecule has 4 aliphatic heterocycles. The third-order valence-corrected chi connectivity index (χ3v) is 17.3. The van der Waals surface area contributed by atoms with Gasteiger partial charge in [-0.2, -0.15) is 5.10 Å². The summed E-state index contributed by atoms with van der Waals surface area (Å²) in [6.45, 7) is 7.49. The summed E-state index contributed by atoms with van der Waals surface area (Å²) in [5.74, 6) is 0.758. The van der Waals surface area contributed by atoms with E-state index in [1.165, 1.54) is 10.2 Å². The van der Waals surface area contributed by atoms with Crippen LogP contribution in [0.4, 0.5) is 11.4 Å². The molecule has 0 saturated carbocycles. The number of aliphatic hydroxyl groups excluding tert-OH is 1. The van der Waals surface area contributed by atoms with E-state index in [0.717, 1.165) is 46.7 Å². The van der Waals surface area contributed by atoms with Gasteiger partial charge in [-0.05, 0) is 72.0 Å². The van der Waals surface area contributed by atoms with Gasteiger partial charge in [0.25, 0.3) is 5.91 Å². The smallest absolute Gasteiger partial charge is 0.264 e. The molecule has 4 aromatic carbocycles. The van der Waals surface area contributed by atoms with Crippen LogP contribution in [-0.4, -0.2) is 81.0 Å². The highest BCUT2D eigenvalue weighted by Crippen LogP contribution is 2.60. The van der Waals surface area contributed by atoms with Crippen molar-refractivity contribution in [2.75, 3.05) is 37.3 Å². The predicted molar refractivity (Wildman–Crippen MR) is 226 cm³/mol. The molecule has 5 atom stereocenters. The highest BCUT2D eigenvalue weighted by molar-refractivity contribution is 6.91. The van der Waals surface area contributed by atoms with Crippen LogP contribution in [0, 0.1) is 5.92 Å². The van der Waals surface area contributed by atoms with Gasteiger partial charge < -0.3 is 29.1 Å². The first-order valence-corrected chi connectivity index (χ1v) is 23.4. The lowest BCUT2D eigenvalue weighted by atomic mass is 9.82.